The third-order valence-electron chi connectivity index (χ3n) is 4.07. The molecule has 3 heteroatoms. The zero-order valence-corrected chi connectivity index (χ0v) is 13.0. The molecule has 1 unspecified atom stereocenters. The highest BCUT2D eigenvalue weighted by molar-refractivity contribution is 9.10. The lowest BCUT2D eigenvalue weighted by Crippen LogP contribution is -2.22. The number of rotatable bonds is 3. The van der Waals surface area contributed by atoms with Crippen molar-refractivity contribution in [1.29, 1.82) is 0 Å². The molecule has 0 saturated heterocycles. The zero-order valence-electron chi connectivity index (χ0n) is 11.4. The predicted molar refractivity (Wildman–Crippen MR) is 84.9 cm³/mol. The van der Waals surface area contributed by atoms with E-state index >= 15 is 0 Å². The van der Waals surface area contributed by atoms with Gasteiger partial charge in [0.15, 0.2) is 0 Å². The maximum absolute atomic E-state index is 9.90. The fraction of sp³-hybridized carbons (Fsp3) is 0.294. The molecule has 0 aliphatic heterocycles. The van der Waals surface area contributed by atoms with Crippen LogP contribution in [0.5, 0.6) is 5.75 Å². The lowest BCUT2D eigenvalue weighted by Gasteiger charge is -2.21. The molecule has 0 bridgehead atoms. The summed E-state index contributed by atoms with van der Waals surface area (Å²) in [5, 5.41) is 13.6. The van der Waals surface area contributed by atoms with Gasteiger partial charge >= 0.3 is 0 Å². The first-order chi connectivity index (χ1) is 9.65. The topological polar surface area (TPSA) is 32.3 Å². The molecule has 2 N–H and O–H groups in total. The lowest BCUT2D eigenvalue weighted by atomic mass is 10.0. The number of phenols is 1. The summed E-state index contributed by atoms with van der Waals surface area (Å²) < 4.78 is 1.10. The van der Waals surface area contributed by atoms with E-state index in [1.54, 1.807) is 6.07 Å². The minimum absolute atomic E-state index is 0.293. The molecule has 2 nitrogen and oxygen atoms in total. The van der Waals surface area contributed by atoms with Gasteiger partial charge in [-0.3, -0.25) is 0 Å². The average Bonchev–Trinajstić information content (AvgIpc) is 2.84. The van der Waals surface area contributed by atoms with Gasteiger partial charge in [0.05, 0.1) is 0 Å². The summed E-state index contributed by atoms with van der Waals surface area (Å²) in [4.78, 5) is 0. The van der Waals surface area contributed by atoms with Crippen LogP contribution in [0.3, 0.4) is 0 Å². The van der Waals surface area contributed by atoms with Gasteiger partial charge in [-0.1, -0.05) is 40.2 Å². The van der Waals surface area contributed by atoms with E-state index in [0.717, 1.165) is 22.9 Å². The Morgan fingerprint density at radius 2 is 1.95 bits per heavy atom. The lowest BCUT2D eigenvalue weighted by molar-refractivity contribution is 0.465. The molecule has 1 aliphatic rings. The quantitative estimate of drug-likeness (QED) is 0.868. The van der Waals surface area contributed by atoms with Gasteiger partial charge in [-0.15, -0.1) is 0 Å². The highest BCUT2D eigenvalue weighted by atomic mass is 79.9. The second kappa shape index (κ2) is 5.58. The number of hydrogen-bond acceptors (Lipinski definition) is 2. The molecule has 2 aromatic carbocycles. The van der Waals surface area contributed by atoms with Gasteiger partial charge in [0.25, 0.3) is 0 Å². The number of fused-ring (bicyclic) bond motifs is 1. The van der Waals surface area contributed by atoms with Crippen LogP contribution in [0.1, 0.15) is 42.1 Å². The van der Waals surface area contributed by atoms with E-state index in [-0.39, 0.29) is 0 Å². The third kappa shape index (κ3) is 2.60. The zero-order chi connectivity index (χ0) is 14.1. The Kier molecular flexibility index (Phi) is 3.81. The van der Waals surface area contributed by atoms with Crippen LogP contribution < -0.4 is 5.32 Å². The fourth-order valence-electron chi connectivity index (χ4n) is 2.96. The summed E-state index contributed by atoms with van der Waals surface area (Å²) >= 11 is 3.46. The first-order valence-electron chi connectivity index (χ1n) is 6.97. The molecule has 0 fully saturated rings. The summed E-state index contributed by atoms with van der Waals surface area (Å²) in [7, 11) is 0. The van der Waals surface area contributed by atoms with Gasteiger partial charge in [-0.25, -0.2) is 0 Å². The van der Waals surface area contributed by atoms with Crippen LogP contribution in [0.4, 0.5) is 0 Å². The van der Waals surface area contributed by atoms with Crippen molar-refractivity contribution in [3.05, 3.63) is 63.6 Å². The van der Waals surface area contributed by atoms with Crippen molar-refractivity contribution >= 4 is 15.9 Å². The van der Waals surface area contributed by atoms with Crippen molar-refractivity contribution in [2.24, 2.45) is 0 Å². The minimum atomic E-state index is 0.293. The van der Waals surface area contributed by atoms with E-state index in [1.165, 1.54) is 11.1 Å². The Bertz CT molecular complexity index is 609. The van der Waals surface area contributed by atoms with Gasteiger partial charge in [0.1, 0.15) is 5.75 Å². The largest absolute Gasteiger partial charge is 0.508 e. The third-order valence-corrected chi connectivity index (χ3v) is 4.60. The smallest absolute Gasteiger partial charge is 0.119 e. The SMILES string of the molecule is C[C@H](NC1CCc2c(O)cccc21)c1ccc(Br)cc1. The van der Waals surface area contributed by atoms with Crippen molar-refractivity contribution in [2.45, 2.75) is 31.8 Å². The monoisotopic (exact) mass is 331 g/mol. The molecular weight excluding hydrogens is 314 g/mol. The molecule has 0 saturated carbocycles. The Morgan fingerprint density at radius 1 is 1.20 bits per heavy atom. The van der Waals surface area contributed by atoms with Crippen molar-refractivity contribution in [3.63, 3.8) is 0 Å². The standard InChI is InChI=1S/C17H18BrNO/c1-11(12-5-7-13(18)8-6-12)19-16-10-9-15-14(16)3-2-4-17(15)20/h2-8,11,16,19-20H,9-10H2,1H3/t11-,16?/m0/s1. The van der Waals surface area contributed by atoms with Crippen molar-refractivity contribution in [3.8, 4) is 5.75 Å². The molecule has 0 aromatic heterocycles. The molecule has 0 radical (unpaired) electrons. The Balaban J connectivity index is 1.77. The van der Waals surface area contributed by atoms with Gasteiger partial charge in [-0.05, 0) is 54.7 Å². The molecule has 3 rings (SSSR count). The number of nitrogens with one attached hydrogen (secondary N) is 1. The molecule has 20 heavy (non-hydrogen) atoms. The van der Waals surface area contributed by atoms with E-state index in [0.29, 0.717) is 17.8 Å². The Hall–Kier alpha value is -1.32. The second-order valence-electron chi connectivity index (χ2n) is 5.38. The molecule has 2 aromatic rings. The number of benzene rings is 2. The predicted octanol–water partition coefficient (Wildman–Crippen LogP) is 4.49. The molecule has 1 aliphatic carbocycles. The first-order valence-corrected chi connectivity index (χ1v) is 7.76. The van der Waals surface area contributed by atoms with E-state index in [1.807, 2.05) is 6.07 Å². The minimum Gasteiger partial charge on any atom is -0.508 e. The van der Waals surface area contributed by atoms with Crippen LogP contribution in [0.2, 0.25) is 0 Å². The normalized spacial score (nSPS) is 18.8. The maximum atomic E-state index is 9.90. The molecule has 104 valence electrons. The van der Waals surface area contributed by atoms with E-state index in [2.05, 4.69) is 58.5 Å². The number of phenolic OH excluding ortho intramolecular Hbond substituents is 1. The van der Waals surface area contributed by atoms with Gasteiger partial charge < -0.3 is 10.4 Å². The van der Waals surface area contributed by atoms with Gasteiger partial charge in [0, 0.05) is 16.6 Å². The second-order valence-corrected chi connectivity index (χ2v) is 6.29. The summed E-state index contributed by atoms with van der Waals surface area (Å²) in [6.07, 6.45) is 2.00. The van der Waals surface area contributed by atoms with Gasteiger partial charge in [-0.2, -0.15) is 0 Å². The summed E-state index contributed by atoms with van der Waals surface area (Å²) in [6.45, 7) is 2.18. The van der Waals surface area contributed by atoms with E-state index in [9.17, 15) is 5.11 Å². The first kappa shape index (κ1) is 13.7. The molecule has 2 atom stereocenters. The molecule has 0 spiro atoms. The average molecular weight is 332 g/mol. The van der Waals surface area contributed by atoms with Crippen LogP contribution in [0.15, 0.2) is 46.9 Å². The molecule has 0 amide bonds. The Labute approximate surface area is 128 Å². The van der Waals surface area contributed by atoms with Crippen molar-refractivity contribution in [1.82, 2.24) is 5.32 Å². The van der Waals surface area contributed by atoms with Crippen LogP contribution in [-0.4, -0.2) is 5.11 Å². The van der Waals surface area contributed by atoms with Crippen LogP contribution in [0, 0.1) is 0 Å². The highest BCUT2D eigenvalue weighted by Gasteiger charge is 2.25. The highest BCUT2D eigenvalue weighted by Crippen LogP contribution is 2.37. The van der Waals surface area contributed by atoms with Crippen molar-refractivity contribution in [2.75, 3.05) is 0 Å². The number of halogens is 1. The summed E-state index contributed by atoms with van der Waals surface area (Å²) in [6, 6.07) is 14.9. The van der Waals surface area contributed by atoms with E-state index in [4.69, 9.17) is 0 Å². The summed E-state index contributed by atoms with van der Waals surface area (Å²) in [5.41, 5.74) is 3.63. The van der Waals surface area contributed by atoms with Crippen molar-refractivity contribution < 1.29 is 5.11 Å². The maximum Gasteiger partial charge on any atom is 0.119 e. The summed E-state index contributed by atoms with van der Waals surface area (Å²) in [5.74, 6) is 0.433. The Morgan fingerprint density at radius 3 is 2.70 bits per heavy atom. The van der Waals surface area contributed by atoms with E-state index < -0.39 is 0 Å². The van der Waals surface area contributed by atoms with Gasteiger partial charge in [0.2, 0.25) is 0 Å². The molecule has 0 heterocycles. The molecular formula is C17H18BrNO. The number of hydrogen-bond donors (Lipinski definition) is 2. The van der Waals surface area contributed by atoms with Crippen LogP contribution in [-0.2, 0) is 6.42 Å². The number of aromatic hydroxyl groups is 1. The van der Waals surface area contributed by atoms with Crippen LogP contribution in [0.25, 0.3) is 0 Å². The van der Waals surface area contributed by atoms with Crippen LogP contribution >= 0.6 is 15.9 Å². The fourth-order valence-corrected chi connectivity index (χ4v) is 3.22.